The minimum atomic E-state index is -0.192. The minimum absolute atomic E-state index is 0.107. The molecular weight excluding hydrogens is 168 g/mol. The van der Waals surface area contributed by atoms with Gasteiger partial charge in [-0.2, -0.15) is 5.10 Å². The van der Waals surface area contributed by atoms with E-state index in [1.807, 2.05) is 13.8 Å². The number of aromatic nitrogens is 2. The maximum absolute atomic E-state index is 11.4. The Balaban J connectivity index is 2.77. The van der Waals surface area contributed by atoms with Gasteiger partial charge in [0.15, 0.2) is 5.69 Å². The van der Waals surface area contributed by atoms with E-state index in [9.17, 15) is 4.79 Å². The Hall–Kier alpha value is -1.52. The van der Waals surface area contributed by atoms with Crippen molar-refractivity contribution in [1.29, 1.82) is 0 Å². The van der Waals surface area contributed by atoms with Crippen LogP contribution in [0.5, 0.6) is 0 Å². The van der Waals surface area contributed by atoms with Gasteiger partial charge >= 0.3 is 0 Å². The first-order valence-corrected chi connectivity index (χ1v) is 4.11. The fourth-order valence-electron chi connectivity index (χ4n) is 0.929. The Morgan fingerprint density at radius 2 is 2.31 bits per heavy atom. The molecule has 1 heterocycles. The first-order valence-electron chi connectivity index (χ1n) is 4.11. The highest BCUT2D eigenvalue weighted by atomic mass is 16.2. The lowest BCUT2D eigenvalue weighted by Crippen LogP contribution is -2.30. The summed E-state index contributed by atoms with van der Waals surface area (Å²) in [4.78, 5) is 11.4. The number of amides is 1. The summed E-state index contributed by atoms with van der Waals surface area (Å²) < 4.78 is 1.47. The number of carbonyl (C=O) groups excluding carboxylic acids is 1. The van der Waals surface area contributed by atoms with Gasteiger partial charge in [-0.1, -0.05) is 0 Å². The van der Waals surface area contributed by atoms with Crippen LogP contribution in [0.2, 0.25) is 0 Å². The zero-order valence-electron chi connectivity index (χ0n) is 8.03. The van der Waals surface area contributed by atoms with Crippen LogP contribution in [-0.4, -0.2) is 21.7 Å². The molecule has 0 aliphatic carbocycles. The third-order valence-electron chi connectivity index (χ3n) is 1.57. The molecule has 0 atom stereocenters. The highest BCUT2D eigenvalue weighted by molar-refractivity contribution is 5.93. The Kier molecular flexibility index (Phi) is 2.55. The molecule has 0 aliphatic rings. The van der Waals surface area contributed by atoms with Crippen molar-refractivity contribution in [2.75, 3.05) is 5.73 Å². The van der Waals surface area contributed by atoms with E-state index >= 15 is 0 Å². The van der Waals surface area contributed by atoms with Gasteiger partial charge in [-0.25, -0.2) is 0 Å². The molecule has 3 N–H and O–H groups in total. The molecule has 0 saturated heterocycles. The topological polar surface area (TPSA) is 72.9 Å². The van der Waals surface area contributed by atoms with Crippen molar-refractivity contribution < 1.29 is 4.79 Å². The fraction of sp³-hybridized carbons (Fsp3) is 0.500. The fourth-order valence-corrected chi connectivity index (χ4v) is 0.929. The number of carbonyl (C=O) groups is 1. The Morgan fingerprint density at radius 3 is 2.69 bits per heavy atom. The summed E-state index contributed by atoms with van der Waals surface area (Å²) in [5.41, 5.74) is 5.88. The first kappa shape index (κ1) is 9.57. The van der Waals surface area contributed by atoms with Crippen LogP contribution in [0.25, 0.3) is 0 Å². The van der Waals surface area contributed by atoms with Gasteiger partial charge in [0, 0.05) is 19.2 Å². The highest BCUT2D eigenvalue weighted by Crippen LogP contribution is 2.03. The number of nitrogens with zero attached hydrogens (tertiary/aromatic N) is 2. The molecule has 0 fully saturated rings. The van der Waals surface area contributed by atoms with E-state index < -0.39 is 0 Å². The number of nitrogen functional groups attached to an aromatic ring is 1. The number of rotatable bonds is 2. The molecule has 0 spiro atoms. The van der Waals surface area contributed by atoms with E-state index in [2.05, 4.69) is 10.4 Å². The van der Waals surface area contributed by atoms with Gasteiger partial charge in [-0.15, -0.1) is 0 Å². The van der Waals surface area contributed by atoms with Crippen LogP contribution in [-0.2, 0) is 7.05 Å². The van der Waals surface area contributed by atoms with Gasteiger partial charge in [0.2, 0.25) is 0 Å². The molecule has 0 bridgehead atoms. The molecule has 0 radical (unpaired) electrons. The Morgan fingerprint density at radius 1 is 1.69 bits per heavy atom. The number of nitrogens with one attached hydrogen (secondary N) is 1. The smallest absolute Gasteiger partial charge is 0.272 e. The monoisotopic (exact) mass is 182 g/mol. The average Bonchev–Trinajstić information content (AvgIpc) is 2.31. The van der Waals surface area contributed by atoms with Gasteiger partial charge in [-0.3, -0.25) is 9.48 Å². The largest absolute Gasteiger partial charge is 0.384 e. The van der Waals surface area contributed by atoms with Crippen LogP contribution < -0.4 is 11.1 Å². The van der Waals surface area contributed by atoms with Crippen molar-refractivity contribution in [3.8, 4) is 0 Å². The number of anilines is 1. The molecule has 0 unspecified atom stereocenters. The molecule has 1 amide bonds. The molecule has 5 nitrogen and oxygen atoms in total. The van der Waals surface area contributed by atoms with Crippen LogP contribution >= 0.6 is 0 Å². The Bertz CT molecular complexity index is 296. The van der Waals surface area contributed by atoms with E-state index in [0.717, 1.165) is 0 Å². The van der Waals surface area contributed by atoms with Crippen LogP contribution in [0.1, 0.15) is 24.3 Å². The zero-order chi connectivity index (χ0) is 10.0. The van der Waals surface area contributed by atoms with Crippen LogP contribution in [0.4, 0.5) is 5.82 Å². The summed E-state index contributed by atoms with van der Waals surface area (Å²) in [5.74, 6) is 0.288. The number of hydrogen-bond donors (Lipinski definition) is 2. The molecule has 13 heavy (non-hydrogen) atoms. The third-order valence-corrected chi connectivity index (χ3v) is 1.57. The van der Waals surface area contributed by atoms with E-state index in [0.29, 0.717) is 11.5 Å². The molecular formula is C8H14N4O. The summed E-state index contributed by atoms with van der Waals surface area (Å²) in [6.45, 7) is 3.79. The molecule has 1 aromatic rings. The van der Waals surface area contributed by atoms with Crippen molar-refractivity contribution >= 4 is 11.7 Å². The lowest BCUT2D eigenvalue weighted by Gasteiger charge is -2.04. The van der Waals surface area contributed by atoms with Gasteiger partial charge in [0.25, 0.3) is 5.91 Å². The Labute approximate surface area is 76.9 Å². The SMILES string of the molecule is CC(C)NC(=O)c1cc(N)n(C)n1. The van der Waals surface area contributed by atoms with Gasteiger partial charge in [-0.05, 0) is 13.8 Å². The van der Waals surface area contributed by atoms with Gasteiger partial charge < -0.3 is 11.1 Å². The van der Waals surface area contributed by atoms with Crippen LogP contribution in [0, 0.1) is 0 Å². The zero-order valence-corrected chi connectivity index (χ0v) is 8.03. The number of aryl methyl sites for hydroxylation is 1. The van der Waals surface area contributed by atoms with E-state index in [-0.39, 0.29) is 11.9 Å². The maximum Gasteiger partial charge on any atom is 0.272 e. The normalized spacial score (nSPS) is 10.5. The van der Waals surface area contributed by atoms with E-state index in [1.165, 1.54) is 4.68 Å². The van der Waals surface area contributed by atoms with Crippen molar-refractivity contribution in [3.63, 3.8) is 0 Å². The number of nitrogens with two attached hydrogens (primary N) is 1. The summed E-state index contributed by atoms with van der Waals surface area (Å²) >= 11 is 0. The minimum Gasteiger partial charge on any atom is -0.384 e. The third kappa shape index (κ3) is 2.21. The van der Waals surface area contributed by atoms with Crippen molar-refractivity contribution in [2.24, 2.45) is 7.05 Å². The predicted octanol–water partition coefficient (Wildman–Crippen LogP) is 0.140. The maximum atomic E-state index is 11.4. The molecule has 0 aliphatic heterocycles. The highest BCUT2D eigenvalue weighted by Gasteiger charge is 2.11. The second-order valence-corrected chi connectivity index (χ2v) is 3.21. The summed E-state index contributed by atoms with van der Waals surface area (Å²) in [5, 5.41) is 6.67. The lowest BCUT2D eigenvalue weighted by atomic mass is 10.3. The van der Waals surface area contributed by atoms with Gasteiger partial charge in [0.05, 0.1) is 0 Å². The second kappa shape index (κ2) is 3.47. The average molecular weight is 182 g/mol. The molecule has 0 aromatic carbocycles. The predicted molar refractivity (Wildman–Crippen MR) is 50.2 cm³/mol. The molecule has 1 aromatic heterocycles. The first-order chi connectivity index (χ1) is 6.00. The van der Waals surface area contributed by atoms with Crippen molar-refractivity contribution in [3.05, 3.63) is 11.8 Å². The van der Waals surface area contributed by atoms with Crippen molar-refractivity contribution in [2.45, 2.75) is 19.9 Å². The van der Waals surface area contributed by atoms with Gasteiger partial charge in [0.1, 0.15) is 5.82 Å². The standard InChI is InChI=1S/C8H14N4O/c1-5(2)10-8(13)6-4-7(9)12(3)11-6/h4-5H,9H2,1-3H3,(H,10,13). The van der Waals surface area contributed by atoms with E-state index in [1.54, 1.807) is 13.1 Å². The summed E-state index contributed by atoms with van der Waals surface area (Å²) in [6, 6.07) is 1.66. The lowest BCUT2D eigenvalue weighted by molar-refractivity contribution is 0.0937. The molecule has 0 saturated carbocycles. The van der Waals surface area contributed by atoms with Crippen molar-refractivity contribution in [1.82, 2.24) is 15.1 Å². The molecule has 1 rings (SSSR count). The van der Waals surface area contributed by atoms with Crippen LogP contribution in [0.3, 0.4) is 0 Å². The summed E-state index contributed by atoms with van der Waals surface area (Å²) in [7, 11) is 1.70. The second-order valence-electron chi connectivity index (χ2n) is 3.21. The number of hydrogen-bond acceptors (Lipinski definition) is 3. The molecule has 72 valence electrons. The summed E-state index contributed by atoms with van der Waals surface area (Å²) in [6.07, 6.45) is 0. The molecule has 5 heteroatoms. The quantitative estimate of drug-likeness (QED) is 0.683. The van der Waals surface area contributed by atoms with Crippen LogP contribution in [0.15, 0.2) is 6.07 Å². The van der Waals surface area contributed by atoms with E-state index in [4.69, 9.17) is 5.73 Å².